The Morgan fingerprint density at radius 1 is 1.36 bits per heavy atom. The highest BCUT2D eigenvalue weighted by Gasteiger charge is 2.27. The van der Waals surface area contributed by atoms with Crippen molar-refractivity contribution in [1.29, 1.82) is 0 Å². The lowest BCUT2D eigenvalue weighted by Gasteiger charge is -2.27. The summed E-state index contributed by atoms with van der Waals surface area (Å²) < 4.78 is 3.88. The maximum Gasteiger partial charge on any atom is 0.0862 e. The summed E-state index contributed by atoms with van der Waals surface area (Å²) in [6.45, 7) is 7.35. The van der Waals surface area contributed by atoms with Gasteiger partial charge < -0.3 is 5.11 Å². The third kappa shape index (κ3) is 3.56. The maximum absolute atomic E-state index is 10.3. The summed E-state index contributed by atoms with van der Waals surface area (Å²) in [6.07, 6.45) is 5.61. The Bertz CT molecular complexity index is 592. The third-order valence-corrected chi connectivity index (χ3v) is 4.39. The molecule has 0 saturated carbocycles. The van der Waals surface area contributed by atoms with Gasteiger partial charge in [-0.25, -0.2) is 0 Å². The summed E-state index contributed by atoms with van der Waals surface area (Å²) in [5, 5.41) is 19.0. The number of hydrogen-bond acceptors (Lipinski definition) is 4. The predicted octanol–water partition coefficient (Wildman–Crippen LogP) is 1.22. The molecular formula is C16H25N5O. The molecule has 6 heteroatoms. The molecular weight excluding hydrogens is 278 g/mol. The minimum absolute atomic E-state index is 0.388. The van der Waals surface area contributed by atoms with Gasteiger partial charge in [-0.05, 0) is 45.4 Å². The standard InChI is InChI=1S/C16H25N5O/c1-13-9-14(2)21(18-13)10-15-5-3-7-19(15)11-16(22)12-20-8-4-6-17-20/h4,6,8-9,15-16,22H,3,5,7,10-12H2,1-2H3/t15-,16-/m0/s1. The van der Waals surface area contributed by atoms with Crippen molar-refractivity contribution in [3.8, 4) is 0 Å². The number of aliphatic hydroxyl groups excluding tert-OH is 1. The molecule has 1 saturated heterocycles. The Labute approximate surface area is 131 Å². The molecule has 2 aromatic rings. The summed E-state index contributed by atoms with van der Waals surface area (Å²) >= 11 is 0. The molecule has 0 aromatic carbocycles. The zero-order chi connectivity index (χ0) is 15.5. The van der Waals surface area contributed by atoms with Crippen LogP contribution in [0.5, 0.6) is 0 Å². The molecule has 0 aliphatic carbocycles. The minimum atomic E-state index is -0.388. The van der Waals surface area contributed by atoms with E-state index in [2.05, 4.69) is 32.8 Å². The van der Waals surface area contributed by atoms with Crippen LogP contribution in [0, 0.1) is 13.8 Å². The van der Waals surface area contributed by atoms with Crippen molar-refractivity contribution in [2.45, 2.75) is 51.9 Å². The van der Waals surface area contributed by atoms with Gasteiger partial charge in [0, 0.05) is 30.7 Å². The first-order valence-electron chi connectivity index (χ1n) is 8.02. The quantitative estimate of drug-likeness (QED) is 0.872. The van der Waals surface area contributed by atoms with Crippen LogP contribution in [-0.2, 0) is 13.1 Å². The van der Waals surface area contributed by atoms with Crippen LogP contribution < -0.4 is 0 Å². The van der Waals surface area contributed by atoms with E-state index in [0.29, 0.717) is 19.1 Å². The van der Waals surface area contributed by atoms with Crippen LogP contribution in [0.15, 0.2) is 24.5 Å². The summed E-state index contributed by atoms with van der Waals surface area (Å²) in [4.78, 5) is 2.39. The van der Waals surface area contributed by atoms with Gasteiger partial charge in [-0.3, -0.25) is 14.3 Å². The fraction of sp³-hybridized carbons (Fsp3) is 0.625. The van der Waals surface area contributed by atoms with Crippen molar-refractivity contribution in [3.05, 3.63) is 35.9 Å². The number of aromatic nitrogens is 4. The number of nitrogens with zero attached hydrogens (tertiary/aromatic N) is 5. The first kappa shape index (κ1) is 15.2. The van der Waals surface area contributed by atoms with Crippen molar-refractivity contribution in [3.63, 3.8) is 0 Å². The van der Waals surface area contributed by atoms with Crippen LogP contribution >= 0.6 is 0 Å². The second-order valence-corrected chi connectivity index (χ2v) is 6.28. The molecule has 22 heavy (non-hydrogen) atoms. The molecule has 3 rings (SSSR count). The minimum Gasteiger partial charge on any atom is -0.390 e. The largest absolute Gasteiger partial charge is 0.390 e. The van der Waals surface area contributed by atoms with Crippen LogP contribution in [0.25, 0.3) is 0 Å². The fourth-order valence-corrected chi connectivity index (χ4v) is 3.35. The first-order chi connectivity index (χ1) is 10.6. The highest BCUT2D eigenvalue weighted by Crippen LogP contribution is 2.20. The van der Waals surface area contributed by atoms with Crippen LogP contribution in [-0.4, -0.2) is 54.8 Å². The molecule has 3 heterocycles. The number of β-amino-alcohol motifs (C(OH)–C–C–N with tert-alkyl or cyclic N) is 1. The third-order valence-electron chi connectivity index (χ3n) is 4.39. The Hall–Kier alpha value is -1.66. The van der Waals surface area contributed by atoms with Gasteiger partial charge >= 0.3 is 0 Å². The second kappa shape index (κ2) is 6.62. The van der Waals surface area contributed by atoms with E-state index < -0.39 is 0 Å². The van der Waals surface area contributed by atoms with E-state index in [0.717, 1.165) is 18.8 Å². The van der Waals surface area contributed by atoms with E-state index in [1.165, 1.54) is 18.5 Å². The lowest BCUT2D eigenvalue weighted by molar-refractivity contribution is 0.0845. The van der Waals surface area contributed by atoms with E-state index in [4.69, 9.17) is 0 Å². The molecule has 120 valence electrons. The van der Waals surface area contributed by atoms with E-state index >= 15 is 0 Å². The van der Waals surface area contributed by atoms with Crippen molar-refractivity contribution in [1.82, 2.24) is 24.5 Å². The monoisotopic (exact) mass is 303 g/mol. The lowest BCUT2D eigenvalue weighted by atomic mass is 10.2. The smallest absolute Gasteiger partial charge is 0.0862 e. The molecule has 0 amide bonds. The van der Waals surface area contributed by atoms with E-state index in [1.54, 1.807) is 10.9 Å². The van der Waals surface area contributed by atoms with Gasteiger partial charge in [0.1, 0.15) is 0 Å². The number of rotatable bonds is 6. The Morgan fingerprint density at radius 3 is 2.91 bits per heavy atom. The Kier molecular flexibility index (Phi) is 4.59. The normalized spacial score (nSPS) is 20.6. The molecule has 0 spiro atoms. The van der Waals surface area contributed by atoms with Crippen LogP contribution in [0.4, 0.5) is 0 Å². The molecule has 0 radical (unpaired) electrons. The molecule has 1 aliphatic rings. The topological polar surface area (TPSA) is 59.1 Å². The molecule has 0 bridgehead atoms. The Balaban J connectivity index is 1.57. The van der Waals surface area contributed by atoms with Crippen molar-refractivity contribution < 1.29 is 5.11 Å². The zero-order valence-corrected chi connectivity index (χ0v) is 13.4. The molecule has 2 atom stereocenters. The van der Waals surface area contributed by atoms with Crippen LogP contribution in [0.1, 0.15) is 24.2 Å². The Morgan fingerprint density at radius 2 is 2.23 bits per heavy atom. The van der Waals surface area contributed by atoms with Crippen LogP contribution in [0.2, 0.25) is 0 Å². The highest BCUT2D eigenvalue weighted by molar-refractivity contribution is 5.07. The van der Waals surface area contributed by atoms with Gasteiger partial charge in [-0.15, -0.1) is 0 Å². The maximum atomic E-state index is 10.3. The number of aliphatic hydroxyl groups is 1. The molecule has 1 aliphatic heterocycles. The van der Waals surface area contributed by atoms with Gasteiger partial charge in [-0.2, -0.15) is 10.2 Å². The average molecular weight is 303 g/mol. The predicted molar refractivity (Wildman–Crippen MR) is 84.5 cm³/mol. The molecule has 6 nitrogen and oxygen atoms in total. The van der Waals surface area contributed by atoms with Gasteiger partial charge in [0.05, 0.1) is 24.9 Å². The number of aryl methyl sites for hydroxylation is 2. The van der Waals surface area contributed by atoms with Crippen molar-refractivity contribution in [2.75, 3.05) is 13.1 Å². The van der Waals surface area contributed by atoms with Crippen molar-refractivity contribution in [2.24, 2.45) is 0 Å². The van der Waals surface area contributed by atoms with Gasteiger partial charge in [-0.1, -0.05) is 0 Å². The zero-order valence-electron chi connectivity index (χ0n) is 13.4. The van der Waals surface area contributed by atoms with Gasteiger partial charge in [0.25, 0.3) is 0 Å². The summed E-state index contributed by atoms with van der Waals surface area (Å²) in [5.41, 5.74) is 2.28. The van der Waals surface area contributed by atoms with Crippen molar-refractivity contribution >= 4 is 0 Å². The second-order valence-electron chi connectivity index (χ2n) is 6.28. The summed E-state index contributed by atoms with van der Waals surface area (Å²) in [6, 6.07) is 4.46. The van der Waals surface area contributed by atoms with Crippen LogP contribution in [0.3, 0.4) is 0 Å². The van der Waals surface area contributed by atoms with Gasteiger partial charge in [0.2, 0.25) is 0 Å². The lowest BCUT2D eigenvalue weighted by Crippen LogP contribution is -2.40. The first-order valence-corrected chi connectivity index (χ1v) is 8.02. The fourth-order valence-electron chi connectivity index (χ4n) is 3.35. The molecule has 2 aromatic heterocycles. The molecule has 1 fully saturated rings. The highest BCUT2D eigenvalue weighted by atomic mass is 16.3. The molecule has 1 N–H and O–H groups in total. The van der Waals surface area contributed by atoms with E-state index in [-0.39, 0.29) is 6.10 Å². The SMILES string of the molecule is Cc1cc(C)n(C[C@@H]2CCCN2C[C@H](O)Cn2cccn2)n1. The van der Waals surface area contributed by atoms with E-state index in [1.807, 2.05) is 19.2 Å². The van der Waals surface area contributed by atoms with E-state index in [9.17, 15) is 5.11 Å². The summed E-state index contributed by atoms with van der Waals surface area (Å²) in [7, 11) is 0. The van der Waals surface area contributed by atoms with Gasteiger partial charge in [0.15, 0.2) is 0 Å². The molecule has 0 unspecified atom stereocenters. The number of hydrogen-bond donors (Lipinski definition) is 1. The average Bonchev–Trinajstić information content (AvgIpc) is 3.16. The summed E-state index contributed by atoms with van der Waals surface area (Å²) in [5.74, 6) is 0. The number of likely N-dealkylation sites (tertiary alicyclic amines) is 1.